The second-order valence-corrected chi connectivity index (χ2v) is 5.92. The lowest BCUT2D eigenvalue weighted by molar-refractivity contribution is 0.544. The molecule has 19 heavy (non-hydrogen) atoms. The summed E-state index contributed by atoms with van der Waals surface area (Å²) in [5.41, 5.74) is 4.26. The van der Waals surface area contributed by atoms with E-state index in [1.807, 2.05) is 0 Å². The number of hydrogen-bond acceptors (Lipinski definition) is 2. The Morgan fingerprint density at radius 1 is 1.26 bits per heavy atom. The van der Waals surface area contributed by atoms with Crippen LogP contribution < -0.4 is 10.2 Å². The molecule has 0 saturated carbocycles. The van der Waals surface area contributed by atoms with Gasteiger partial charge in [0.2, 0.25) is 0 Å². The van der Waals surface area contributed by atoms with Crippen molar-refractivity contribution in [2.24, 2.45) is 0 Å². The molecule has 2 rings (SSSR count). The summed E-state index contributed by atoms with van der Waals surface area (Å²) in [7, 11) is 0. The van der Waals surface area contributed by atoms with Crippen molar-refractivity contribution in [3.63, 3.8) is 0 Å². The van der Waals surface area contributed by atoms with E-state index in [9.17, 15) is 0 Å². The highest BCUT2D eigenvalue weighted by Gasteiger charge is 2.18. The Balaban J connectivity index is 2.08. The third kappa shape index (κ3) is 3.97. The molecule has 1 heterocycles. The topological polar surface area (TPSA) is 15.3 Å². The van der Waals surface area contributed by atoms with E-state index in [2.05, 4.69) is 49.2 Å². The van der Waals surface area contributed by atoms with Gasteiger partial charge < -0.3 is 10.2 Å². The van der Waals surface area contributed by atoms with Gasteiger partial charge in [0, 0.05) is 31.4 Å². The van der Waals surface area contributed by atoms with Gasteiger partial charge in [-0.05, 0) is 31.9 Å². The summed E-state index contributed by atoms with van der Waals surface area (Å²) in [6.45, 7) is 10.1. The monoisotopic (exact) mass is 260 g/mol. The molecule has 0 aliphatic carbocycles. The highest BCUT2D eigenvalue weighted by molar-refractivity contribution is 5.56. The van der Waals surface area contributed by atoms with E-state index in [0.717, 1.165) is 13.1 Å². The minimum atomic E-state index is 0.568. The third-order valence-corrected chi connectivity index (χ3v) is 3.99. The number of hydrogen-bond donors (Lipinski definition) is 1. The van der Waals surface area contributed by atoms with Crippen LogP contribution in [0, 0.1) is 6.92 Å². The van der Waals surface area contributed by atoms with Crippen LogP contribution in [0.1, 0.15) is 50.7 Å². The molecule has 1 aromatic carbocycles. The van der Waals surface area contributed by atoms with Crippen molar-refractivity contribution in [3.05, 3.63) is 29.3 Å². The maximum Gasteiger partial charge on any atom is 0.0412 e. The van der Waals surface area contributed by atoms with E-state index in [4.69, 9.17) is 0 Å². The largest absolute Gasteiger partial charge is 0.370 e. The molecule has 106 valence electrons. The number of anilines is 1. The summed E-state index contributed by atoms with van der Waals surface area (Å²) in [4.78, 5) is 2.58. The summed E-state index contributed by atoms with van der Waals surface area (Å²) >= 11 is 0. The van der Waals surface area contributed by atoms with E-state index >= 15 is 0 Å². The highest BCUT2D eigenvalue weighted by Crippen LogP contribution is 2.25. The van der Waals surface area contributed by atoms with Crippen LogP contribution in [0.3, 0.4) is 0 Å². The molecule has 1 aliphatic heterocycles. The first kappa shape index (κ1) is 14.4. The van der Waals surface area contributed by atoms with Gasteiger partial charge in [0.05, 0.1) is 0 Å². The van der Waals surface area contributed by atoms with E-state index in [0.29, 0.717) is 6.04 Å². The van der Waals surface area contributed by atoms with Gasteiger partial charge in [0.15, 0.2) is 0 Å². The first-order valence-electron chi connectivity index (χ1n) is 7.78. The molecule has 1 aromatic rings. The second kappa shape index (κ2) is 6.95. The van der Waals surface area contributed by atoms with Crippen molar-refractivity contribution < 1.29 is 0 Å². The lowest BCUT2D eigenvalue weighted by Crippen LogP contribution is -2.36. The Labute approximate surface area is 118 Å². The molecule has 2 nitrogen and oxygen atoms in total. The van der Waals surface area contributed by atoms with Crippen LogP contribution in [0.4, 0.5) is 5.69 Å². The fourth-order valence-corrected chi connectivity index (χ4v) is 2.88. The van der Waals surface area contributed by atoms with Crippen molar-refractivity contribution in [1.29, 1.82) is 0 Å². The molecule has 1 aliphatic rings. The lowest BCUT2D eigenvalue weighted by atomic mass is 10.1. The average Bonchev–Trinajstić information content (AvgIpc) is 2.54. The molecule has 1 N–H and O–H groups in total. The Kier molecular flexibility index (Phi) is 5.26. The Hall–Kier alpha value is -1.02. The lowest BCUT2D eigenvalue weighted by Gasteiger charge is -2.26. The molecular formula is C17H28N2. The average molecular weight is 260 g/mol. The van der Waals surface area contributed by atoms with Crippen molar-refractivity contribution in [1.82, 2.24) is 5.32 Å². The summed E-state index contributed by atoms with van der Waals surface area (Å²) in [6.07, 6.45) is 5.35. The molecule has 0 spiro atoms. The summed E-state index contributed by atoms with van der Waals surface area (Å²) < 4.78 is 0. The normalized spacial score (nSPS) is 19.1. The van der Waals surface area contributed by atoms with Gasteiger partial charge in [-0.15, -0.1) is 0 Å². The molecule has 0 saturated heterocycles. The van der Waals surface area contributed by atoms with Crippen LogP contribution in [0.15, 0.2) is 18.2 Å². The minimum absolute atomic E-state index is 0.568. The molecule has 0 bridgehead atoms. The maximum atomic E-state index is 3.62. The Morgan fingerprint density at radius 3 is 2.89 bits per heavy atom. The fourth-order valence-electron chi connectivity index (χ4n) is 2.88. The van der Waals surface area contributed by atoms with E-state index in [-0.39, 0.29) is 0 Å². The quantitative estimate of drug-likeness (QED) is 0.808. The van der Waals surface area contributed by atoms with Gasteiger partial charge in [-0.25, -0.2) is 0 Å². The highest BCUT2D eigenvalue weighted by atomic mass is 15.2. The zero-order valence-electron chi connectivity index (χ0n) is 12.7. The van der Waals surface area contributed by atoms with Crippen LogP contribution >= 0.6 is 0 Å². The molecular weight excluding hydrogens is 232 g/mol. The zero-order chi connectivity index (χ0) is 13.7. The van der Waals surface area contributed by atoms with Gasteiger partial charge in [0.25, 0.3) is 0 Å². The molecule has 0 radical (unpaired) electrons. The van der Waals surface area contributed by atoms with Gasteiger partial charge in [-0.3, -0.25) is 0 Å². The minimum Gasteiger partial charge on any atom is -0.370 e. The summed E-state index contributed by atoms with van der Waals surface area (Å²) in [5.74, 6) is 0. The standard InChI is InChI=1S/C17H28N2/c1-4-5-6-7-10-19-13-15(3)18-12-16-11-14(2)8-9-17(16)19/h8-9,11,15,18H,4-7,10,12-13H2,1-3H3. The predicted molar refractivity (Wildman–Crippen MR) is 83.8 cm³/mol. The van der Waals surface area contributed by atoms with E-state index in [1.54, 1.807) is 0 Å². The molecule has 0 aromatic heterocycles. The van der Waals surface area contributed by atoms with Crippen molar-refractivity contribution in [2.75, 3.05) is 18.0 Å². The number of rotatable bonds is 5. The van der Waals surface area contributed by atoms with Gasteiger partial charge >= 0.3 is 0 Å². The van der Waals surface area contributed by atoms with Crippen molar-refractivity contribution in [2.45, 2.75) is 59.0 Å². The van der Waals surface area contributed by atoms with Crippen LogP contribution in [-0.2, 0) is 6.54 Å². The SMILES string of the molecule is CCCCCCN1CC(C)NCc2cc(C)ccc21. The van der Waals surface area contributed by atoms with Crippen LogP contribution in [0.25, 0.3) is 0 Å². The molecule has 1 unspecified atom stereocenters. The van der Waals surface area contributed by atoms with Crippen molar-refractivity contribution in [3.8, 4) is 0 Å². The van der Waals surface area contributed by atoms with Crippen LogP contribution in [0.5, 0.6) is 0 Å². The number of fused-ring (bicyclic) bond motifs is 1. The molecule has 0 amide bonds. The smallest absolute Gasteiger partial charge is 0.0412 e. The molecule has 1 atom stereocenters. The zero-order valence-corrected chi connectivity index (χ0v) is 12.7. The third-order valence-electron chi connectivity index (χ3n) is 3.99. The van der Waals surface area contributed by atoms with Crippen LogP contribution in [-0.4, -0.2) is 19.1 Å². The number of benzene rings is 1. The number of unbranched alkanes of at least 4 members (excludes halogenated alkanes) is 3. The van der Waals surface area contributed by atoms with Crippen molar-refractivity contribution >= 4 is 5.69 Å². The van der Waals surface area contributed by atoms with Gasteiger partial charge in [-0.2, -0.15) is 0 Å². The van der Waals surface area contributed by atoms with Gasteiger partial charge in [0.1, 0.15) is 0 Å². The molecule has 2 heteroatoms. The molecule has 0 fully saturated rings. The Morgan fingerprint density at radius 2 is 2.11 bits per heavy atom. The first-order valence-corrected chi connectivity index (χ1v) is 7.78. The summed E-state index contributed by atoms with van der Waals surface area (Å²) in [5, 5.41) is 3.62. The maximum absolute atomic E-state index is 3.62. The predicted octanol–water partition coefficient (Wildman–Crippen LogP) is 3.87. The summed E-state index contributed by atoms with van der Waals surface area (Å²) in [6, 6.07) is 7.45. The number of nitrogens with one attached hydrogen (secondary N) is 1. The van der Waals surface area contributed by atoms with Gasteiger partial charge in [-0.1, -0.05) is 43.9 Å². The Bertz CT molecular complexity index is 400. The first-order chi connectivity index (χ1) is 9.20. The van der Waals surface area contributed by atoms with Crippen LogP contribution in [0.2, 0.25) is 0 Å². The van der Waals surface area contributed by atoms with E-state index in [1.165, 1.54) is 49.0 Å². The van der Waals surface area contributed by atoms with E-state index < -0.39 is 0 Å². The number of aryl methyl sites for hydroxylation is 1. The number of nitrogens with zero attached hydrogens (tertiary/aromatic N) is 1. The second-order valence-electron chi connectivity index (χ2n) is 5.92. The fraction of sp³-hybridized carbons (Fsp3) is 0.647.